The van der Waals surface area contributed by atoms with Crippen LogP contribution in [0.3, 0.4) is 0 Å². The van der Waals surface area contributed by atoms with Crippen molar-refractivity contribution in [3.63, 3.8) is 0 Å². The lowest BCUT2D eigenvalue weighted by Crippen LogP contribution is -2.25. The fourth-order valence-electron chi connectivity index (χ4n) is 4.27. The molecule has 0 radical (unpaired) electrons. The molecule has 4 aromatic carbocycles. The van der Waals surface area contributed by atoms with Crippen molar-refractivity contribution in [2.45, 2.75) is 32.2 Å². The van der Waals surface area contributed by atoms with Gasteiger partial charge in [-0.3, -0.25) is 9.59 Å². The number of hydrogen-bond donors (Lipinski definition) is 2. The molecule has 0 saturated carbocycles. The van der Waals surface area contributed by atoms with E-state index in [2.05, 4.69) is 14.8 Å². The molecule has 4 aromatic rings. The molecule has 7 nitrogen and oxygen atoms in total. The molecule has 1 atom stereocenters. The first-order chi connectivity index (χ1) is 21.2. The van der Waals surface area contributed by atoms with E-state index in [0.717, 1.165) is 12.1 Å². The van der Waals surface area contributed by atoms with Gasteiger partial charge in [0.25, 0.3) is 5.91 Å². The van der Waals surface area contributed by atoms with Gasteiger partial charge in [0.15, 0.2) is 0 Å². The molecule has 1 amide bonds. The summed E-state index contributed by atoms with van der Waals surface area (Å²) >= 11 is 0. The van der Waals surface area contributed by atoms with E-state index in [1.54, 1.807) is 49.4 Å². The van der Waals surface area contributed by atoms with E-state index in [0.29, 0.717) is 39.1 Å². The highest BCUT2D eigenvalue weighted by atomic mass is 19.4. The summed E-state index contributed by atoms with van der Waals surface area (Å²) in [6, 6.07) is 21.8. The lowest BCUT2D eigenvalue weighted by atomic mass is 9.98. The zero-order valence-corrected chi connectivity index (χ0v) is 23.4. The molecule has 1 unspecified atom stereocenters. The molecule has 0 aromatic heterocycles. The highest BCUT2D eigenvalue weighted by Crippen LogP contribution is 2.38. The molecular weight excluding hydrogens is 608 g/mol. The van der Waals surface area contributed by atoms with Crippen molar-refractivity contribution in [1.82, 2.24) is 5.32 Å². The second kappa shape index (κ2) is 13.6. The number of alkyl halides is 6. The molecule has 4 rings (SSSR count). The van der Waals surface area contributed by atoms with Crippen molar-refractivity contribution >= 4 is 11.9 Å². The van der Waals surface area contributed by atoms with Crippen molar-refractivity contribution in [2.75, 3.05) is 6.54 Å². The number of benzene rings is 4. The zero-order valence-electron chi connectivity index (χ0n) is 23.4. The van der Waals surface area contributed by atoms with E-state index < -0.39 is 42.2 Å². The summed E-state index contributed by atoms with van der Waals surface area (Å²) in [6.07, 6.45) is -10.5. The fraction of sp³-hybridized carbons (Fsp3) is 0.188. The second-order valence-corrected chi connectivity index (χ2v) is 9.64. The summed E-state index contributed by atoms with van der Waals surface area (Å²) in [5.41, 5.74) is 3.09. The van der Waals surface area contributed by atoms with Crippen LogP contribution in [0.1, 0.15) is 35.4 Å². The minimum absolute atomic E-state index is 0.0318. The summed E-state index contributed by atoms with van der Waals surface area (Å²) in [7, 11) is 0. The van der Waals surface area contributed by atoms with Gasteiger partial charge in [-0.15, -0.1) is 26.3 Å². The summed E-state index contributed by atoms with van der Waals surface area (Å²) in [5.74, 6) is -1.98. The smallest absolute Gasteiger partial charge is 0.485 e. The minimum Gasteiger partial charge on any atom is -0.485 e. The summed E-state index contributed by atoms with van der Waals surface area (Å²) in [6.45, 7) is 1.71. The van der Waals surface area contributed by atoms with Crippen LogP contribution in [0.2, 0.25) is 0 Å². The van der Waals surface area contributed by atoms with Crippen LogP contribution in [-0.2, 0) is 4.79 Å². The van der Waals surface area contributed by atoms with Gasteiger partial charge in [0.2, 0.25) is 0 Å². The molecule has 0 saturated heterocycles. The first-order valence-corrected chi connectivity index (χ1v) is 13.3. The third-order valence-electron chi connectivity index (χ3n) is 6.37. The summed E-state index contributed by atoms with van der Waals surface area (Å²) in [4.78, 5) is 23.0. The van der Waals surface area contributed by atoms with E-state index in [1.165, 1.54) is 36.4 Å². The number of halogens is 6. The largest absolute Gasteiger partial charge is 0.573 e. The molecule has 0 aliphatic rings. The lowest BCUT2D eigenvalue weighted by Gasteiger charge is -2.20. The van der Waals surface area contributed by atoms with Gasteiger partial charge in [-0.05, 0) is 71.6 Å². The van der Waals surface area contributed by atoms with Crippen LogP contribution >= 0.6 is 0 Å². The van der Waals surface area contributed by atoms with Crippen LogP contribution in [-0.4, -0.2) is 36.3 Å². The number of nitrogens with one attached hydrogen (secondary N) is 1. The Morgan fingerprint density at radius 1 is 0.733 bits per heavy atom. The number of hydrogen-bond acceptors (Lipinski definition) is 5. The normalized spacial score (nSPS) is 12.2. The highest BCUT2D eigenvalue weighted by molar-refractivity contribution is 5.94. The number of carboxylic acid groups (broad SMARTS) is 1. The zero-order chi connectivity index (χ0) is 32.8. The van der Waals surface area contributed by atoms with Crippen molar-refractivity contribution < 1.29 is 55.2 Å². The van der Waals surface area contributed by atoms with Crippen LogP contribution in [0.4, 0.5) is 26.3 Å². The average Bonchev–Trinajstić information content (AvgIpc) is 2.96. The van der Waals surface area contributed by atoms with E-state index in [1.807, 2.05) is 0 Å². The number of carbonyl (C=O) groups excluding carboxylic acids is 1. The molecule has 0 bridgehead atoms. The Morgan fingerprint density at radius 2 is 1.24 bits per heavy atom. The monoisotopic (exact) mass is 633 g/mol. The quantitative estimate of drug-likeness (QED) is 0.162. The molecule has 0 heterocycles. The van der Waals surface area contributed by atoms with E-state index >= 15 is 0 Å². The Bertz CT molecular complexity index is 1620. The average molecular weight is 634 g/mol. The Kier molecular flexibility index (Phi) is 9.90. The van der Waals surface area contributed by atoms with Crippen LogP contribution < -0.4 is 19.5 Å². The van der Waals surface area contributed by atoms with E-state index in [-0.39, 0.29) is 13.0 Å². The number of ether oxygens (including phenoxy) is 3. The SMILES string of the molecule is CC(Oc1cc(-c2ccc(OC(F)(F)F)cc2)ccc1-c1ccc(OC(F)(F)F)cc1)c1ccc(C(=O)NCCC(=O)O)cc1. The molecule has 0 aliphatic heterocycles. The predicted molar refractivity (Wildman–Crippen MR) is 151 cm³/mol. The number of aliphatic carboxylic acids is 1. The van der Waals surface area contributed by atoms with Crippen LogP contribution in [0.5, 0.6) is 17.2 Å². The molecule has 0 spiro atoms. The molecule has 2 N–H and O–H groups in total. The standard InChI is InChI=1S/C32H25F6NO6/c1-19(20-2-4-23(5-3-20)30(42)39-17-16-29(40)41)43-28-18-24(21-6-11-25(12-7-21)44-31(33,34)35)10-15-27(28)22-8-13-26(14-9-22)45-32(36,37)38/h2-15,18-19H,16-17H2,1H3,(H,39,42)(H,40,41). The molecular formula is C32H25F6NO6. The third-order valence-corrected chi connectivity index (χ3v) is 6.37. The summed E-state index contributed by atoms with van der Waals surface area (Å²) < 4.78 is 89.9. The Labute approximate surface area is 253 Å². The fourth-order valence-corrected chi connectivity index (χ4v) is 4.27. The highest BCUT2D eigenvalue weighted by Gasteiger charge is 2.31. The maximum atomic E-state index is 12.6. The molecule has 45 heavy (non-hydrogen) atoms. The van der Waals surface area contributed by atoms with Crippen molar-refractivity contribution in [3.05, 3.63) is 102 Å². The van der Waals surface area contributed by atoms with Crippen molar-refractivity contribution in [3.8, 4) is 39.5 Å². The maximum absolute atomic E-state index is 12.6. The van der Waals surface area contributed by atoms with Gasteiger partial charge in [0, 0.05) is 17.7 Å². The number of carbonyl (C=O) groups is 2. The lowest BCUT2D eigenvalue weighted by molar-refractivity contribution is -0.275. The first-order valence-electron chi connectivity index (χ1n) is 13.3. The third kappa shape index (κ3) is 9.65. The van der Waals surface area contributed by atoms with Gasteiger partial charge < -0.3 is 24.6 Å². The van der Waals surface area contributed by atoms with Gasteiger partial charge in [0.1, 0.15) is 23.4 Å². The second-order valence-electron chi connectivity index (χ2n) is 9.64. The van der Waals surface area contributed by atoms with Crippen LogP contribution in [0.15, 0.2) is 91.0 Å². The van der Waals surface area contributed by atoms with Gasteiger partial charge in [-0.1, -0.05) is 48.5 Å². The minimum atomic E-state index is -4.86. The van der Waals surface area contributed by atoms with Gasteiger partial charge in [0.05, 0.1) is 6.42 Å². The number of rotatable bonds is 11. The van der Waals surface area contributed by atoms with Crippen LogP contribution in [0, 0.1) is 0 Å². The van der Waals surface area contributed by atoms with Gasteiger partial charge >= 0.3 is 18.7 Å². The molecule has 236 valence electrons. The topological polar surface area (TPSA) is 94.1 Å². The first kappa shape index (κ1) is 32.7. The Balaban J connectivity index is 1.61. The van der Waals surface area contributed by atoms with E-state index in [4.69, 9.17) is 9.84 Å². The van der Waals surface area contributed by atoms with Gasteiger partial charge in [-0.25, -0.2) is 0 Å². The maximum Gasteiger partial charge on any atom is 0.573 e. The molecule has 0 fully saturated rings. The number of amides is 1. The predicted octanol–water partition coefficient (Wildman–Crippen LogP) is 8.16. The molecule has 13 heteroatoms. The van der Waals surface area contributed by atoms with E-state index in [9.17, 15) is 35.9 Å². The molecule has 0 aliphatic carbocycles. The number of carboxylic acids is 1. The Hall–Kier alpha value is -5.20. The summed E-state index contributed by atoms with van der Waals surface area (Å²) in [5, 5.41) is 11.2. The van der Waals surface area contributed by atoms with Crippen molar-refractivity contribution in [2.24, 2.45) is 0 Å². The van der Waals surface area contributed by atoms with Gasteiger partial charge in [-0.2, -0.15) is 0 Å². The van der Waals surface area contributed by atoms with Crippen molar-refractivity contribution in [1.29, 1.82) is 0 Å². The van der Waals surface area contributed by atoms with Crippen LogP contribution in [0.25, 0.3) is 22.3 Å². The Morgan fingerprint density at radius 3 is 1.76 bits per heavy atom.